The van der Waals surface area contributed by atoms with Gasteiger partial charge in [0.05, 0.1) is 24.5 Å². The summed E-state index contributed by atoms with van der Waals surface area (Å²) < 4.78 is 5.50. The van der Waals surface area contributed by atoms with Crippen molar-refractivity contribution in [3.8, 4) is 6.07 Å². The van der Waals surface area contributed by atoms with Crippen LogP contribution >= 0.6 is 11.8 Å². The molecule has 104 valence electrons. The van der Waals surface area contributed by atoms with Crippen molar-refractivity contribution in [3.63, 3.8) is 0 Å². The molecule has 0 aliphatic carbocycles. The summed E-state index contributed by atoms with van der Waals surface area (Å²) in [4.78, 5) is 3.09. The second kappa shape index (κ2) is 8.81. The van der Waals surface area contributed by atoms with E-state index in [1.165, 1.54) is 0 Å². The lowest BCUT2D eigenvalue weighted by Crippen LogP contribution is -2.20. The number of nitrogens with zero attached hydrogens (tertiary/aromatic N) is 2. The molecule has 0 radical (unpaired) electrons. The quantitative estimate of drug-likeness (QED) is 0.584. The Labute approximate surface area is 119 Å². The summed E-state index contributed by atoms with van der Waals surface area (Å²) in [5.41, 5.74) is 1.59. The molecule has 1 N–H and O–H groups in total. The first-order valence-electron chi connectivity index (χ1n) is 6.22. The first kappa shape index (κ1) is 15.8. The molecule has 0 saturated carbocycles. The number of likely N-dealkylation sites (N-methyl/N-ethyl adjacent to an activating group) is 1. The molecule has 0 atom stereocenters. The lowest BCUT2D eigenvalue weighted by Gasteiger charge is -2.12. The van der Waals surface area contributed by atoms with E-state index in [0.29, 0.717) is 18.7 Å². The maximum atomic E-state index is 9.19. The largest absolute Gasteiger partial charge is 0.382 e. The summed E-state index contributed by atoms with van der Waals surface area (Å²) in [6.07, 6.45) is 1.98. The highest BCUT2D eigenvalue weighted by atomic mass is 32.2. The normalized spacial score (nSPS) is 10.5. The number of rotatable bonds is 8. The second-order valence-corrected chi connectivity index (χ2v) is 5.19. The van der Waals surface area contributed by atoms with Crippen LogP contribution in [0.5, 0.6) is 0 Å². The van der Waals surface area contributed by atoms with Gasteiger partial charge in [-0.1, -0.05) is 6.07 Å². The van der Waals surface area contributed by atoms with Gasteiger partial charge < -0.3 is 15.0 Å². The first-order chi connectivity index (χ1) is 9.19. The van der Waals surface area contributed by atoms with E-state index in [1.54, 1.807) is 11.8 Å². The van der Waals surface area contributed by atoms with Crippen molar-refractivity contribution >= 4 is 17.4 Å². The number of hydrogen-bond donors (Lipinski definition) is 1. The molecule has 5 heteroatoms. The zero-order valence-electron chi connectivity index (χ0n) is 11.8. The topological polar surface area (TPSA) is 48.3 Å². The molecule has 0 unspecified atom stereocenters. The Kier molecular flexibility index (Phi) is 7.34. The Morgan fingerprint density at radius 2 is 2.16 bits per heavy atom. The lowest BCUT2D eigenvalue weighted by atomic mass is 10.2. The van der Waals surface area contributed by atoms with Crippen LogP contribution < -0.4 is 5.32 Å². The minimum Gasteiger partial charge on any atom is -0.382 e. The number of benzene rings is 1. The minimum absolute atomic E-state index is 0.641. The molecule has 0 heterocycles. The summed E-state index contributed by atoms with van der Waals surface area (Å²) in [5, 5.41) is 12.4. The van der Waals surface area contributed by atoms with Crippen LogP contribution in [0.25, 0.3) is 0 Å². The zero-order chi connectivity index (χ0) is 14.1. The van der Waals surface area contributed by atoms with E-state index in [4.69, 9.17) is 4.74 Å². The summed E-state index contributed by atoms with van der Waals surface area (Å²) >= 11 is 1.59. The minimum atomic E-state index is 0.641. The van der Waals surface area contributed by atoms with Crippen LogP contribution in [0.15, 0.2) is 23.1 Å². The van der Waals surface area contributed by atoms with Gasteiger partial charge in [0.2, 0.25) is 0 Å². The van der Waals surface area contributed by atoms with E-state index in [0.717, 1.165) is 23.7 Å². The van der Waals surface area contributed by atoms with Crippen molar-refractivity contribution in [2.45, 2.75) is 4.90 Å². The molecule has 1 aromatic carbocycles. The van der Waals surface area contributed by atoms with Crippen molar-refractivity contribution in [1.29, 1.82) is 5.26 Å². The van der Waals surface area contributed by atoms with Gasteiger partial charge in [0.1, 0.15) is 6.07 Å². The third kappa shape index (κ3) is 5.52. The van der Waals surface area contributed by atoms with Gasteiger partial charge in [-0.25, -0.2) is 0 Å². The van der Waals surface area contributed by atoms with E-state index in [9.17, 15) is 5.26 Å². The predicted molar refractivity (Wildman–Crippen MR) is 80.8 cm³/mol. The van der Waals surface area contributed by atoms with Crippen LogP contribution in [0.3, 0.4) is 0 Å². The van der Waals surface area contributed by atoms with Gasteiger partial charge in [0.15, 0.2) is 0 Å². The van der Waals surface area contributed by atoms with Crippen LogP contribution in [0, 0.1) is 11.3 Å². The van der Waals surface area contributed by atoms with Gasteiger partial charge in [-0.15, -0.1) is 11.8 Å². The average molecular weight is 279 g/mol. The highest BCUT2D eigenvalue weighted by Crippen LogP contribution is 2.25. The third-order valence-electron chi connectivity index (χ3n) is 2.60. The molecule has 0 spiro atoms. The smallest absolute Gasteiger partial charge is 0.102 e. The Hall–Kier alpha value is -1.22. The molecule has 0 aliphatic rings. The monoisotopic (exact) mass is 279 g/mol. The van der Waals surface area contributed by atoms with Crippen molar-refractivity contribution < 1.29 is 4.74 Å². The molecular formula is C14H21N3OS. The van der Waals surface area contributed by atoms with Crippen LogP contribution in [0.4, 0.5) is 5.69 Å². The number of ether oxygens (including phenoxy) is 1. The predicted octanol–water partition coefficient (Wildman–Crippen LogP) is 2.27. The maximum Gasteiger partial charge on any atom is 0.102 e. The zero-order valence-corrected chi connectivity index (χ0v) is 12.6. The Morgan fingerprint density at radius 3 is 2.79 bits per heavy atom. The first-order valence-corrected chi connectivity index (χ1v) is 7.45. The molecule has 19 heavy (non-hydrogen) atoms. The number of hydrogen-bond acceptors (Lipinski definition) is 5. The molecule has 0 bridgehead atoms. The number of thioether (sulfide) groups is 1. The fourth-order valence-electron chi connectivity index (χ4n) is 1.57. The van der Waals surface area contributed by atoms with Gasteiger partial charge in [-0.05, 0) is 32.5 Å². The van der Waals surface area contributed by atoms with E-state index >= 15 is 0 Å². The Balaban J connectivity index is 2.39. The fraction of sp³-hybridized carbons (Fsp3) is 0.500. The average Bonchev–Trinajstić information content (AvgIpc) is 2.41. The SMILES string of the molecule is CSc1cccc(NCCOCCN(C)C)c1C#N. The standard InChI is InChI=1S/C14H21N3OS/c1-17(2)8-10-18-9-7-16-13-5-4-6-14(19-3)12(13)11-15/h4-6,16H,7-10H2,1-3H3. The van der Waals surface area contributed by atoms with Gasteiger partial charge in [0, 0.05) is 18.0 Å². The molecule has 0 aliphatic heterocycles. The molecule has 0 aromatic heterocycles. The van der Waals surface area contributed by atoms with Crippen LogP contribution in [-0.4, -0.2) is 51.6 Å². The highest BCUT2D eigenvalue weighted by molar-refractivity contribution is 7.98. The molecular weight excluding hydrogens is 258 g/mol. The number of anilines is 1. The summed E-state index contributed by atoms with van der Waals surface area (Å²) in [5.74, 6) is 0. The molecule has 1 rings (SSSR count). The summed E-state index contributed by atoms with van der Waals surface area (Å²) in [6, 6.07) is 8.10. The van der Waals surface area contributed by atoms with Gasteiger partial charge in [0.25, 0.3) is 0 Å². The summed E-state index contributed by atoms with van der Waals surface area (Å²) in [7, 11) is 4.05. The van der Waals surface area contributed by atoms with Crippen LogP contribution in [0.1, 0.15) is 5.56 Å². The van der Waals surface area contributed by atoms with Crippen molar-refractivity contribution in [2.24, 2.45) is 0 Å². The van der Waals surface area contributed by atoms with Crippen molar-refractivity contribution in [3.05, 3.63) is 23.8 Å². The van der Waals surface area contributed by atoms with E-state index in [1.807, 2.05) is 38.6 Å². The van der Waals surface area contributed by atoms with Crippen LogP contribution in [0.2, 0.25) is 0 Å². The highest BCUT2D eigenvalue weighted by Gasteiger charge is 2.06. The molecule has 1 aromatic rings. The van der Waals surface area contributed by atoms with Crippen molar-refractivity contribution in [1.82, 2.24) is 4.90 Å². The number of nitrogens with one attached hydrogen (secondary N) is 1. The van der Waals surface area contributed by atoms with Crippen LogP contribution in [-0.2, 0) is 4.74 Å². The fourth-order valence-corrected chi connectivity index (χ4v) is 2.15. The Bertz CT molecular complexity index is 429. The van der Waals surface area contributed by atoms with Gasteiger partial charge >= 0.3 is 0 Å². The van der Waals surface area contributed by atoms with E-state index in [2.05, 4.69) is 16.3 Å². The van der Waals surface area contributed by atoms with Gasteiger partial charge in [-0.2, -0.15) is 5.26 Å². The molecule has 0 fully saturated rings. The maximum absolute atomic E-state index is 9.19. The molecule has 0 amide bonds. The third-order valence-corrected chi connectivity index (χ3v) is 3.38. The summed E-state index contributed by atoms with van der Waals surface area (Å²) in [6.45, 7) is 3.00. The van der Waals surface area contributed by atoms with Crippen molar-refractivity contribution in [2.75, 3.05) is 52.0 Å². The van der Waals surface area contributed by atoms with Gasteiger partial charge in [-0.3, -0.25) is 0 Å². The second-order valence-electron chi connectivity index (χ2n) is 4.34. The number of nitriles is 1. The van der Waals surface area contributed by atoms with E-state index in [-0.39, 0.29) is 0 Å². The van der Waals surface area contributed by atoms with E-state index < -0.39 is 0 Å². The molecule has 0 saturated heterocycles. The lowest BCUT2D eigenvalue weighted by molar-refractivity contribution is 0.126. The Morgan fingerprint density at radius 1 is 1.37 bits per heavy atom. The molecule has 4 nitrogen and oxygen atoms in total.